The van der Waals surface area contributed by atoms with E-state index in [9.17, 15) is 19.2 Å². The van der Waals surface area contributed by atoms with Gasteiger partial charge in [0.05, 0.1) is 13.2 Å². The summed E-state index contributed by atoms with van der Waals surface area (Å²) in [5.74, 6) is -0.376. The lowest BCUT2D eigenvalue weighted by atomic mass is 9.84. The van der Waals surface area contributed by atoms with Gasteiger partial charge in [-0.2, -0.15) is 0 Å². The summed E-state index contributed by atoms with van der Waals surface area (Å²) >= 11 is 0. The lowest BCUT2D eigenvalue weighted by Crippen LogP contribution is -2.23. The van der Waals surface area contributed by atoms with E-state index in [4.69, 9.17) is 14.2 Å². The van der Waals surface area contributed by atoms with Crippen LogP contribution in [-0.4, -0.2) is 43.3 Å². The number of hydrogen-bond acceptors (Lipinski definition) is 7. The summed E-state index contributed by atoms with van der Waals surface area (Å²) in [5, 5.41) is 2.60. The van der Waals surface area contributed by atoms with E-state index in [0.717, 1.165) is 0 Å². The summed E-state index contributed by atoms with van der Waals surface area (Å²) in [6, 6.07) is 18.4. The number of anilines is 1. The summed E-state index contributed by atoms with van der Waals surface area (Å²) in [6.45, 7) is 2.22. The molecule has 0 radical (unpaired) electrons. The predicted octanol–water partition coefficient (Wildman–Crippen LogP) is 4.20. The van der Waals surface area contributed by atoms with Crippen LogP contribution in [0.4, 0.5) is 5.69 Å². The van der Waals surface area contributed by atoms with E-state index in [1.165, 1.54) is 18.2 Å². The molecule has 0 fully saturated rings. The summed E-state index contributed by atoms with van der Waals surface area (Å²) in [4.78, 5) is 49.8. The van der Waals surface area contributed by atoms with E-state index in [1.54, 1.807) is 36.4 Å². The molecule has 4 rings (SSSR count). The van der Waals surface area contributed by atoms with Gasteiger partial charge in [-0.05, 0) is 43.7 Å². The van der Waals surface area contributed by atoms with Crippen molar-refractivity contribution in [3.63, 3.8) is 0 Å². The second kappa shape index (κ2) is 11.3. The number of amides is 1. The lowest BCUT2D eigenvalue weighted by molar-refractivity contribution is -0.147. The average molecular weight is 488 g/mol. The monoisotopic (exact) mass is 487 g/mol. The second-order valence-electron chi connectivity index (χ2n) is 8.00. The van der Waals surface area contributed by atoms with Crippen LogP contribution >= 0.6 is 0 Å². The molecule has 0 heterocycles. The van der Waals surface area contributed by atoms with Crippen LogP contribution in [0.1, 0.15) is 51.6 Å². The maximum Gasteiger partial charge on any atom is 0.306 e. The van der Waals surface area contributed by atoms with Gasteiger partial charge in [0.15, 0.2) is 29.7 Å². The summed E-state index contributed by atoms with van der Waals surface area (Å²) in [7, 11) is 0. The quantitative estimate of drug-likeness (QED) is 0.264. The molecular weight excluding hydrogens is 462 g/mol. The van der Waals surface area contributed by atoms with Crippen LogP contribution in [0, 0.1) is 0 Å². The molecule has 1 N–H and O–H groups in total. The highest BCUT2D eigenvalue weighted by molar-refractivity contribution is 6.28. The van der Waals surface area contributed by atoms with E-state index in [2.05, 4.69) is 5.32 Å². The van der Waals surface area contributed by atoms with Crippen LogP contribution in [0.5, 0.6) is 11.5 Å². The van der Waals surface area contributed by atoms with Gasteiger partial charge in [-0.15, -0.1) is 0 Å². The highest BCUT2D eigenvalue weighted by atomic mass is 16.5. The number of ether oxygens (including phenoxy) is 3. The van der Waals surface area contributed by atoms with Crippen molar-refractivity contribution in [2.75, 3.05) is 25.1 Å². The topological polar surface area (TPSA) is 108 Å². The Labute approximate surface area is 208 Å². The fourth-order valence-corrected chi connectivity index (χ4v) is 3.84. The molecule has 0 aromatic heterocycles. The number of carbonyl (C=O) groups is 4. The Morgan fingerprint density at radius 1 is 0.778 bits per heavy atom. The van der Waals surface area contributed by atoms with Crippen molar-refractivity contribution in [1.82, 2.24) is 0 Å². The zero-order chi connectivity index (χ0) is 25.5. The van der Waals surface area contributed by atoms with Crippen LogP contribution in [0.3, 0.4) is 0 Å². The van der Waals surface area contributed by atoms with Crippen LogP contribution in [0.15, 0.2) is 66.7 Å². The SMILES string of the molecule is CCOc1ccccc1OCCCC(=O)OCC(=O)Nc1ccc2c(c1)C(=O)c1ccccc1C2=O. The van der Waals surface area contributed by atoms with Crippen molar-refractivity contribution in [1.29, 1.82) is 0 Å². The van der Waals surface area contributed by atoms with E-state index in [1.807, 2.05) is 19.1 Å². The van der Waals surface area contributed by atoms with Crippen LogP contribution in [0.2, 0.25) is 0 Å². The third-order valence-electron chi connectivity index (χ3n) is 5.50. The van der Waals surface area contributed by atoms with Gasteiger partial charge in [0.25, 0.3) is 5.91 Å². The van der Waals surface area contributed by atoms with Gasteiger partial charge in [-0.25, -0.2) is 0 Å². The molecule has 0 unspecified atom stereocenters. The van der Waals surface area contributed by atoms with Crippen molar-refractivity contribution in [2.24, 2.45) is 0 Å². The Hall–Kier alpha value is -4.46. The fraction of sp³-hybridized carbons (Fsp3) is 0.214. The summed E-state index contributed by atoms with van der Waals surface area (Å²) < 4.78 is 16.2. The van der Waals surface area contributed by atoms with Crippen LogP contribution < -0.4 is 14.8 Å². The molecule has 3 aromatic rings. The number of para-hydroxylation sites is 2. The number of carbonyl (C=O) groups excluding carboxylic acids is 4. The molecule has 0 saturated carbocycles. The van der Waals surface area contributed by atoms with Gasteiger partial charge in [-0.1, -0.05) is 36.4 Å². The molecular formula is C28H25NO7. The standard InChI is InChI=1S/C28H25NO7/c1-2-34-23-10-5-6-11-24(23)35-15-7-12-26(31)36-17-25(30)29-18-13-14-21-22(16-18)28(33)20-9-4-3-8-19(20)27(21)32/h3-6,8-11,13-14,16H,2,7,12,15,17H2,1H3,(H,29,30). The Bertz CT molecular complexity index is 1310. The molecule has 8 nitrogen and oxygen atoms in total. The van der Waals surface area contributed by atoms with E-state index >= 15 is 0 Å². The minimum atomic E-state index is -0.555. The van der Waals surface area contributed by atoms with Crippen molar-refractivity contribution in [3.05, 3.63) is 89.0 Å². The molecule has 1 aliphatic carbocycles. The minimum absolute atomic E-state index is 0.0823. The van der Waals surface area contributed by atoms with Gasteiger partial charge in [0.1, 0.15) is 0 Å². The third-order valence-corrected chi connectivity index (χ3v) is 5.50. The zero-order valence-electron chi connectivity index (χ0n) is 19.7. The fourth-order valence-electron chi connectivity index (χ4n) is 3.84. The first-order chi connectivity index (χ1) is 17.5. The average Bonchev–Trinajstić information content (AvgIpc) is 2.89. The molecule has 1 amide bonds. The molecule has 0 bridgehead atoms. The highest BCUT2D eigenvalue weighted by Crippen LogP contribution is 2.29. The Kier molecular flexibility index (Phi) is 7.75. The normalized spacial score (nSPS) is 11.8. The molecule has 0 spiro atoms. The molecule has 184 valence electrons. The first-order valence-corrected chi connectivity index (χ1v) is 11.6. The van der Waals surface area contributed by atoms with Gasteiger partial charge in [0.2, 0.25) is 0 Å². The smallest absolute Gasteiger partial charge is 0.306 e. The van der Waals surface area contributed by atoms with Crippen molar-refractivity contribution >= 4 is 29.1 Å². The summed E-state index contributed by atoms with van der Waals surface area (Å²) in [6.07, 6.45) is 0.488. The molecule has 0 atom stereocenters. The first-order valence-electron chi connectivity index (χ1n) is 11.6. The third kappa shape index (κ3) is 5.60. The lowest BCUT2D eigenvalue weighted by Gasteiger charge is -2.18. The molecule has 1 aliphatic rings. The number of rotatable bonds is 10. The molecule has 0 saturated heterocycles. The van der Waals surface area contributed by atoms with Gasteiger partial charge >= 0.3 is 5.97 Å². The Balaban J connectivity index is 1.24. The Morgan fingerprint density at radius 2 is 1.39 bits per heavy atom. The van der Waals surface area contributed by atoms with Crippen molar-refractivity contribution in [3.8, 4) is 11.5 Å². The predicted molar refractivity (Wildman–Crippen MR) is 132 cm³/mol. The number of nitrogens with one attached hydrogen (secondary N) is 1. The van der Waals surface area contributed by atoms with Gasteiger partial charge in [-0.3, -0.25) is 19.2 Å². The number of ketones is 2. The van der Waals surface area contributed by atoms with Gasteiger partial charge < -0.3 is 19.5 Å². The maximum atomic E-state index is 12.8. The molecule has 8 heteroatoms. The van der Waals surface area contributed by atoms with E-state index in [0.29, 0.717) is 41.3 Å². The number of fused-ring (bicyclic) bond motifs is 2. The minimum Gasteiger partial charge on any atom is -0.490 e. The van der Waals surface area contributed by atoms with Crippen LogP contribution in [0.25, 0.3) is 0 Å². The first kappa shape index (κ1) is 24.7. The van der Waals surface area contributed by atoms with Crippen molar-refractivity contribution in [2.45, 2.75) is 19.8 Å². The maximum absolute atomic E-state index is 12.8. The molecule has 36 heavy (non-hydrogen) atoms. The largest absolute Gasteiger partial charge is 0.490 e. The zero-order valence-corrected chi connectivity index (χ0v) is 19.7. The number of benzene rings is 3. The number of hydrogen-bond donors (Lipinski definition) is 1. The second-order valence-corrected chi connectivity index (χ2v) is 8.00. The van der Waals surface area contributed by atoms with Gasteiger partial charge in [0, 0.05) is 34.4 Å². The highest BCUT2D eigenvalue weighted by Gasteiger charge is 2.29. The van der Waals surface area contributed by atoms with E-state index in [-0.39, 0.29) is 35.7 Å². The van der Waals surface area contributed by atoms with Crippen LogP contribution in [-0.2, 0) is 14.3 Å². The molecule has 3 aromatic carbocycles. The molecule has 0 aliphatic heterocycles. The van der Waals surface area contributed by atoms with E-state index < -0.39 is 18.5 Å². The number of esters is 1. The summed E-state index contributed by atoms with van der Waals surface area (Å²) in [5.41, 5.74) is 1.53. The van der Waals surface area contributed by atoms with Crippen molar-refractivity contribution < 1.29 is 33.4 Å². The Morgan fingerprint density at radius 3 is 2.08 bits per heavy atom.